The molecule has 1 aromatic rings. The van der Waals surface area contributed by atoms with E-state index in [0.29, 0.717) is 17.9 Å². The Morgan fingerprint density at radius 3 is 3.14 bits per heavy atom. The van der Waals surface area contributed by atoms with E-state index in [0.717, 1.165) is 39.0 Å². The summed E-state index contributed by atoms with van der Waals surface area (Å²) in [6, 6.07) is 3.65. The predicted octanol–water partition coefficient (Wildman–Crippen LogP) is 2.54. The van der Waals surface area contributed by atoms with Crippen molar-refractivity contribution in [3.05, 3.63) is 23.9 Å². The van der Waals surface area contributed by atoms with Crippen LogP contribution in [0.25, 0.3) is 0 Å². The second-order valence-corrected chi connectivity index (χ2v) is 5.32. The van der Waals surface area contributed by atoms with Gasteiger partial charge in [0.05, 0.1) is 11.7 Å². The van der Waals surface area contributed by atoms with E-state index in [2.05, 4.69) is 17.2 Å². The van der Waals surface area contributed by atoms with Crippen LogP contribution in [0.1, 0.15) is 43.5 Å². The van der Waals surface area contributed by atoms with Gasteiger partial charge in [0.25, 0.3) is 5.91 Å². The normalized spacial score (nSPS) is 18.6. The van der Waals surface area contributed by atoms with Gasteiger partial charge in [-0.25, -0.2) is 4.98 Å². The average molecular weight is 291 g/mol. The van der Waals surface area contributed by atoms with Crippen molar-refractivity contribution in [3.8, 4) is 0 Å². The molecule has 2 rings (SSSR count). The van der Waals surface area contributed by atoms with Crippen molar-refractivity contribution in [1.82, 2.24) is 9.88 Å². The summed E-state index contributed by atoms with van der Waals surface area (Å²) < 4.78 is 5.80. The fourth-order valence-electron chi connectivity index (χ4n) is 2.60. The zero-order chi connectivity index (χ0) is 15.1. The molecule has 21 heavy (non-hydrogen) atoms. The van der Waals surface area contributed by atoms with Crippen LogP contribution in [0, 0.1) is 0 Å². The van der Waals surface area contributed by atoms with Crippen LogP contribution in [-0.2, 0) is 4.74 Å². The van der Waals surface area contributed by atoms with Crippen molar-refractivity contribution in [3.63, 3.8) is 0 Å². The Labute approximate surface area is 126 Å². The average Bonchev–Trinajstić information content (AvgIpc) is 2.53. The summed E-state index contributed by atoms with van der Waals surface area (Å²) in [6.45, 7) is 7.09. The molecule has 1 fully saturated rings. The standard InChI is InChI=1S/C16H25N3O2/c1-3-11-21-13-7-6-10-19(12-13)16(20)14-8-5-9-18-15(14)17-4-2/h5,8-9,13H,3-4,6-7,10-12H2,1-2H3,(H,17,18). The lowest BCUT2D eigenvalue weighted by molar-refractivity contribution is 0.00213. The number of nitrogens with one attached hydrogen (secondary N) is 1. The highest BCUT2D eigenvalue weighted by Crippen LogP contribution is 2.19. The highest BCUT2D eigenvalue weighted by molar-refractivity contribution is 5.98. The topological polar surface area (TPSA) is 54.5 Å². The van der Waals surface area contributed by atoms with Crippen molar-refractivity contribution >= 4 is 11.7 Å². The van der Waals surface area contributed by atoms with E-state index in [-0.39, 0.29) is 12.0 Å². The maximum Gasteiger partial charge on any atom is 0.257 e. The van der Waals surface area contributed by atoms with Crippen molar-refractivity contribution in [1.29, 1.82) is 0 Å². The van der Waals surface area contributed by atoms with Gasteiger partial charge in [-0.05, 0) is 38.3 Å². The maximum atomic E-state index is 12.7. The van der Waals surface area contributed by atoms with Crippen LogP contribution in [0.5, 0.6) is 0 Å². The maximum absolute atomic E-state index is 12.7. The first-order valence-corrected chi connectivity index (χ1v) is 7.86. The lowest BCUT2D eigenvalue weighted by Gasteiger charge is -2.33. The third kappa shape index (κ3) is 4.17. The van der Waals surface area contributed by atoms with Gasteiger partial charge in [0, 0.05) is 32.4 Å². The number of carbonyl (C=O) groups is 1. The molecule has 5 nitrogen and oxygen atoms in total. The molecule has 5 heteroatoms. The minimum Gasteiger partial charge on any atom is -0.376 e. The van der Waals surface area contributed by atoms with Crippen LogP contribution in [-0.4, -0.2) is 48.1 Å². The zero-order valence-corrected chi connectivity index (χ0v) is 13.0. The van der Waals surface area contributed by atoms with Crippen molar-refractivity contribution in [2.75, 3.05) is 31.6 Å². The minimum atomic E-state index is 0.0452. The highest BCUT2D eigenvalue weighted by Gasteiger charge is 2.26. The molecule has 1 saturated heterocycles. The molecule has 1 N–H and O–H groups in total. The lowest BCUT2D eigenvalue weighted by atomic mass is 10.1. The molecule has 0 aromatic carbocycles. The largest absolute Gasteiger partial charge is 0.376 e. The van der Waals surface area contributed by atoms with E-state index in [4.69, 9.17) is 4.74 Å². The van der Waals surface area contributed by atoms with Gasteiger partial charge in [0.1, 0.15) is 5.82 Å². The number of carbonyl (C=O) groups excluding carboxylic acids is 1. The molecule has 0 bridgehead atoms. The van der Waals surface area contributed by atoms with Gasteiger partial charge < -0.3 is 15.0 Å². The number of rotatable bonds is 6. The van der Waals surface area contributed by atoms with Gasteiger partial charge in [-0.15, -0.1) is 0 Å². The third-order valence-corrected chi connectivity index (χ3v) is 3.61. The summed E-state index contributed by atoms with van der Waals surface area (Å²) in [4.78, 5) is 18.9. The van der Waals surface area contributed by atoms with E-state index in [1.165, 1.54) is 0 Å². The monoisotopic (exact) mass is 291 g/mol. The van der Waals surface area contributed by atoms with Gasteiger partial charge in [-0.2, -0.15) is 0 Å². The fraction of sp³-hybridized carbons (Fsp3) is 0.625. The molecule has 1 aromatic heterocycles. The van der Waals surface area contributed by atoms with E-state index >= 15 is 0 Å². The molecule has 1 amide bonds. The van der Waals surface area contributed by atoms with Crippen LogP contribution in [0.4, 0.5) is 5.82 Å². The van der Waals surface area contributed by atoms with Crippen LogP contribution >= 0.6 is 0 Å². The van der Waals surface area contributed by atoms with Crippen LogP contribution < -0.4 is 5.32 Å². The molecule has 0 radical (unpaired) electrons. The number of likely N-dealkylation sites (tertiary alicyclic amines) is 1. The Kier molecular flexibility index (Phi) is 5.99. The van der Waals surface area contributed by atoms with Gasteiger partial charge in [-0.1, -0.05) is 6.92 Å². The molecule has 1 atom stereocenters. The number of anilines is 1. The molecule has 1 aliphatic rings. The number of ether oxygens (including phenoxy) is 1. The van der Waals surface area contributed by atoms with Crippen molar-refractivity contribution < 1.29 is 9.53 Å². The summed E-state index contributed by atoms with van der Waals surface area (Å²) in [5.41, 5.74) is 0.649. The predicted molar refractivity (Wildman–Crippen MR) is 83.6 cm³/mol. The number of hydrogen-bond acceptors (Lipinski definition) is 4. The number of aromatic nitrogens is 1. The summed E-state index contributed by atoms with van der Waals surface area (Å²) in [5, 5.41) is 3.15. The zero-order valence-electron chi connectivity index (χ0n) is 13.0. The first-order chi connectivity index (χ1) is 10.3. The Morgan fingerprint density at radius 1 is 1.52 bits per heavy atom. The van der Waals surface area contributed by atoms with E-state index in [1.807, 2.05) is 24.0 Å². The molecule has 116 valence electrons. The molecule has 0 saturated carbocycles. The van der Waals surface area contributed by atoms with Gasteiger partial charge >= 0.3 is 0 Å². The van der Waals surface area contributed by atoms with E-state index in [1.54, 1.807) is 6.20 Å². The molecule has 2 heterocycles. The number of nitrogens with zero attached hydrogens (tertiary/aromatic N) is 2. The van der Waals surface area contributed by atoms with Crippen molar-refractivity contribution in [2.24, 2.45) is 0 Å². The van der Waals surface area contributed by atoms with Gasteiger partial charge in [0.2, 0.25) is 0 Å². The summed E-state index contributed by atoms with van der Waals surface area (Å²) >= 11 is 0. The van der Waals surface area contributed by atoms with Gasteiger partial charge in [0.15, 0.2) is 0 Å². The molecular formula is C16H25N3O2. The summed E-state index contributed by atoms with van der Waals surface area (Å²) in [7, 11) is 0. The number of amides is 1. The van der Waals surface area contributed by atoms with Crippen LogP contribution in [0.3, 0.4) is 0 Å². The first kappa shape index (κ1) is 15.8. The molecule has 0 spiro atoms. The Bertz CT molecular complexity index is 465. The first-order valence-electron chi connectivity index (χ1n) is 7.86. The smallest absolute Gasteiger partial charge is 0.257 e. The summed E-state index contributed by atoms with van der Waals surface area (Å²) in [6.07, 6.45) is 4.92. The molecular weight excluding hydrogens is 266 g/mol. The quantitative estimate of drug-likeness (QED) is 0.875. The second-order valence-electron chi connectivity index (χ2n) is 5.32. The van der Waals surface area contributed by atoms with E-state index in [9.17, 15) is 4.79 Å². The van der Waals surface area contributed by atoms with Crippen molar-refractivity contribution in [2.45, 2.75) is 39.2 Å². The van der Waals surface area contributed by atoms with E-state index < -0.39 is 0 Å². The van der Waals surface area contributed by atoms with Crippen LogP contribution in [0.15, 0.2) is 18.3 Å². The molecule has 0 aliphatic carbocycles. The van der Waals surface area contributed by atoms with Crippen LogP contribution in [0.2, 0.25) is 0 Å². The number of piperidine rings is 1. The summed E-state index contributed by atoms with van der Waals surface area (Å²) in [5.74, 6) is 0.713. The Balaban J connectivity index is 2.05. The third-order valence-electron chi connectivity index (χ3n) is 3.61. The fourth-order valence-corrected chi connectivity index (χ4v) is 2.60. The number of hydrogen-bond donors (Lipinski definition) is 1. The van der Waals surface area contributed by atoms with Gasteiger partial charge in [-0.3, -0.25) is 4.79 Å². The Hall–Kier alpha value is -1.62. The minimum absolute atomic E-state index is 0.0452. The SMILES string of the molecule is CCCOC1CCCN(C(=O)c2cccnc2NCC)C1. The molecule has 1 unspecified atom stereocenters. The number of pyridine rings is 1. The highest BCUT2D eigenvalue weighted by atomic mass is 16.5. The molecule has 1 aliphatic heterocycles. The Morgan fingerprint density at radius 2 is 2.38 bits per heavy atom. The second kappa shape index (κ2) is 7.98. The lowest BCUT2D eigenvalue weighted by Crippen LogP contribution is -2.43.